The van der Waals surface area contributed by atoms with Crippen LogP contribution in [0.5, 0.6) is 0 Å². The van der Waals surface area contributed by atoms with Gasteiger partial charge in [0, 0.05) is 48.5 Å². The van der Waals surface area contributed by atoms with Gasteiger partial charge in [-0.05, 0) is 62.3 Å². The third kappa shape index (κ3) is 4.76. The topological polar surface area (TPSA) is 63.1 Å². The molecule has 0 unspecified atom stereocenters. The van der Waals surface area contributed by atoms with Crippen molar-refractivity contribution in [2.45, 2.75) is 25.8 Å². The van der Waals surface area contributed by atoms with Crippen molar-refractivity contribution in [3.05, 3.63) is 77.9 Å². The van der Waals surface area contributed by atoms with E-state index in [1.807, 2.05) is 42.6 Å². The number of benzene rings is 1. The second-order valence-electron chi connectivity index (χ2n) is 7.38. The van der Waals surface area contributed by atoms with Gasteiger partial charge in [-0.25, -0.2) is 4.68 Å². The van der Waals surface area contributed by atoms with E-state index in [4.69, 9.17) is 0 Å². The number of carbonyl (C=O) groups excluding carboxylic acids is 1. The molecule has 0 saturated carbocycles. The van der Waals surface area contributed by atoms with Crippen LogP contribution in [-0.4, -0.2) is 51.2 Å². The van der Waals surface area contributed by atoms with Gasteiger partial charge in [-0.15, -0.1) is 0 Å². The number of rotatable bonds is 4. The summed E-state index contributed by atoms with van der Waals surface area (Å²) in [5, 5.41) is 7.51. The van der Waals surface area contributed by atoms with Crippen LogP contribution in [0.15, 0.2) is 61.2 Å². The monoisotopic (exact) mass is 399 g/mol. The number of likely N-dealkylation sites (tertiary alicyclic amines) is 1. The Hall–Kier alpha value is -3.43. The Kier molecular flexibility index (Phi) is 6.21. The van der Waals surface area contributed by atoms with Gasteiger partial charge in [-0.3, -0.25) is 9.78 Å². The van der Waals surface area contributed by atoms with Crippen LogP contribution in [0.3, 0.4) is 0 Å². The number of pyridine rings is 1. The smallest absolute Gasteiger partial charge is 0.251 e. The molecular weight excluding hydrogens is 374 g/mol. The highest BCUT2D eigenvalue weighted by Gasteiger charge is 2.21. The molecule has 1 amide bonds. The number of amides is 1. The maximum atomic E-state index is 12.9. The van der Waals surface area contributed by atoms with Gasteiger partial charge in [0.2, 0.25) is 0 Å². The lowest BCUT2D eigenvalue weighted by atomic mass is 10.0. The fraction of sp³-hybridized carbons (Fsp3) is 0.292. The Morgan fingerprint density at radius 3 is 2.93 bits per heavy atom. The largest absolute Gasteiger partial charge is 0.348 e. The lowest BCUT2D eigenvalue weighted by Gasteiger charge is -2.32. The summed E-state index contributed by atoms with van der Waals surface area (Å²) >= 11 is 0. The van der Waals surface area contributed by atoms with Crippen LogP contribution in [0.1, 0.15) is 41.3 Å². The van der Waals surface area contributed by atoms with Gasteiger partial charge in [0.1, 0.15) is 0 Å². The van der Waals surface area contributed by atoms with E-state index in [9.17, 15) is 4.79 Å². The molecule has 1 saturated heterocycles. The van der Waals surface area contributed by atoms with Crippen LogP contribution in [0.2, 0.25) is 0 Å². The van der Waals surface area contributed by atoms with Crippen LogP contribution in [0, 0.1) is 11.8 Å². The van der Waals surface area contributed by atoms with Gasteiger partial charge in [-0.1, -0.05) is 18.8 Å². The van der Waals surface area contributed by atoms with Crippen molar-refractivity contribution in [3.8, 4) is 17.5 Å². The summed E-state index contributed by atoms with van der Waals surface area (Å²) in [7, 11) is 0. The summed E-state index contributed by atoms with van der Waals surface area (Å²) in [4.78, 5) is 19.4. The van der Waals surface area contributed by atoms with Crippen molar-refractivity contribution in [2.75, 3.05) is 19.6 Å². The molecular formula is C24H25N5O. The standard InChI is InChI=1S/C24H25N5O/c1-2-28-14-4-7-22(18-28)27-24(30)21-10-11-23(29-15-5-13-26-29)20(16-21)9-8-19-6-3-12-25-17-19/h3,5-6,10-13,15-17,22H,2,4,7,14,18H2,1H3,(H,27,30)/t22-/m0/s1. The summed E-state index contributed by atoms with van der Waals surface area (Å²) in [6, 6.07) is 11.4. The molecule has 152 valence electrons. The Bertz CT molecular complexity index is 1050. The Morgan fingerprint density at radius 1 is 1.23 bits per heavy atom. The molecule has 1 aromatic carbocycles. The highest BCUT2D eigenvalue weighted by molar-refractivity contribution is 5.95. The highest BCUT2D eigenvalue weighted by Crippen LogP contribution is 2.17. The van der Waals surface area contributed by atoms with Crippen molar-refractivity contribution in [1.82, 2.24) is 25.0 Å². The molecule has 3 aromatic rings. The number of hydrogen-bond acceptors (Lipinski definition) is 4. The number of nitrogens with zero attached hydrogens (tertiary/aromatic N) is 4. The van der Waals surface area contributed by atoms with Crippen LogP contribution in [-0.2, 0) is 0 Å². The zero-order chi connectivity index (χ0) is 20.8. The fourth-order valence-electron chi connectivity index (χ4n) is 3.69. The molecule has 1 N–H and O–H groups in total. The summed E-state index contributed by atoms with van der Waals surface area (Å²) in [5.74, 6) is 6.27. The fourth-order valence-corrected chi connectivity index (χ4v) is 3.69. The Labute approximate surface area is 176 Å². The first-order valence-electron chi connectivity index (χ1n) is 10.3. The minimum atomic E-state index is -0.0607. The lowest BCUT2D eigenvalue weighted by molar-refractivity contribution is 0.0906. The number of carbonyl (C=O) groups is 1. The molecule has 0 aliphatic carbocycles. The van der Waals surface area contributed by atoms with Crippen LogP contribution >= 0.6 is 0 Å². The molecule has 1 atom stereocenters. The minimum absolute atomic E-state index is 0.0607. The summed E-state index contributed by atoms with van der Waals surface area (Å²) in [6.07, 6.45) is 9.16. The summed E-state index contributed by atoms with van der Waals surface area (Å²) < 4.78 is 1.76. The first-order valence-corrected chi connectivity index (χ1v) is 10.3. The summed E-state index contributed by atoms with van der Waals surface area (Å²) in [5.41, 5.74) is 3.01. The molecule has 3 heterocycles. The molecule has 2 aromatic heterocycles. The van der Waals surface area contributed by atoms with E-state index in [0.29, 0.717) is 5.56 Å². The molecule has 1 aliphatic heterocycles. The highest BCUT2D eigenvalue weighted by atomic mass is 16.1. The van der Waals surface area contributed by atoms with Crippen molar-refractivity contribution in [2.24, 2.45) is 0 Å². The van der Waals surface area contributed by atoms with E-state index in [-0.39, 0.29) is 11.9 Å². The number of aromatic nitrogens is 3. The molecule has 0 spiro atoms. The summed E-state index contributed by atoms with van der Waals surface area (Å²) in [6.45, 7) is 5.18. The van der Waals surface area contributed by atoms with E-state index < -0.39 is 0 Å². The SMILES string of the molecule is CCN1CCC[C@H](NC(=O)c2ccc(-n3cccn3)c(C#Cc3cccnc3)c2)C1. The van der Waals surface area contributed by atoms with Gasteiger partial charge >= 0.3 is 0 Å². The maximum Gasteiger partial charge on any atom is 0.251 e. The lowest BCUT2D eigenvalue weighted by Crippen LogP contribution is -2.47. The zero-order valence-electron chi connectivity index (χ0n) is 17.1. The van der Waals surface area contributed by atoms with Crippen molar-refractivity contribution in [1.29, 1.82) is 0 Å². The molecule has 1 fully saturated rings. The van der Waals surface area contributed by atoms with Gasteiger partial charge in [0.05, 0.1) is 11.3 Å². The van der Waals surface area contributed by atoms with Crippen LogP contribution in [0.25, 0.3) is 5.69 Å². The van der Waals surface area contributed by atoms with Gasteiger partial charge < -0.3 is 10.2 Å². The van der Waals surface area contributed by atoms with Crippen molar-refractivity contribution >= 4 is 5.91 Å². The maximum absolute atomic E-state index is 12.9. The number of piperidine rings is 1. The number of nitrogens with one attached hydrogen (secondary N) is 1. The van der Waals surface area contributed by atoms with Crippen molar-refractivity contribution < 1.29 is 4.79 Å². The molecule has 0 radical (unpaired) electrons. The Morgan fingerprint density at radius 2 is 2.17 bits per heavy atom. The first-order chi connectivity index (χ1) is 14.7. The zero-order valence-corrected chi connectivity index (χ0v) is 17.1. The number of likely N-dealkylation sites (N-methyl/N-ethyl adjacent to an activating group) is 1. The Balaban J connectivity index is 1.60. The van der Waals surface area contributed by atoms with Gasteiger partial charge in [0.15, 0.2) is 0 Å². The third-order valence-electron chi connectivity index (χ3n) is 5.30. The molecule has 6 heteroatoms. The van der Waals surface area contributed by atoms with E-state index in [1.54, 1.807) is 23.3 Å². The van der Waals surface area contributed by atoms with Gasteiger partial charge in [0.25, 0.3) is 5.91 Å². The quantitative estimate of drug-likeness (QED) is 0.686. The molecule has 4 rings (SSSR count). The predicted octanol–water partition coefficient (Wildman–Crippen LogP) is 2.88. The second-order valence-corrected chi connectivity index (χ2v) is 7.38. The number of hydrogen-bond donors (Lipinski definition) is 1. The van der Waals surface area contributed by atoms with Gasteiger partial charge in [-0.2, -0.15) is 5.10 Å². The predicted molar refractivity (Wildman–Crippen MR) is 116 cm³/mol. The minimum Gasteiger partial charge on any atom is -0.348 e. The molecule has 6 nitrogen and oxygen atoms in total. The molecule has 30 heavy (non-hydrogen) atoms. The van der Waals surface area contributed by atoms with E-state index in [0.717, 1.165) is 49.3 Å². The van der Waals surface area contributed by atoms with Crippen LogP contribution in [0.4, 0.5) is 0 Å². The van der Waals surface area contributed by atoms with E-state index >= 15 is 0 Å². The average Bonchev–Trinajstić information content (AvgIpc) is 3.33. The average molecular weight is 399 g/mol. The van der Waals surface area contributed by atoms with Crippen LogP contribution < -0.4 is 5.32 Å². The third-order valence-corrected chi connectivity index (χ3v) is 5.30. The first kappa shape index (κ1) is 19.9. The van der Waals surface area contributed by atoms with E-state index in [1.165, 1.54) is 0 Å². The van der Waals surface area contributed by atoms with Crippen molar-refractivity contribution in [3.63, 3.8) is 0 Å². The van der Waals surface area contributed by atoms with E-state index in [2.05, 4.69) is 39.1 Å². The normalized spacial score (nSPS) is 16.5. The second kappa shape index (κ2) is 9.38. The molecule has 1 aliphatic rings. The molecule has 0 bridgehead atoms.